The number of hydrogen-bond donors (Lipinski definition) is 2. The summed E-state index contributed by atoms with van der Waals surface area (Å²) in [5, 5.41) is 4.15. The molecule has 1 aliphatic rings. The van der Waals surface area contributed by atoms with Crippen molar-refractivity contribution in [2.75, 3.05) is 19.6 Å². The van der Waals surface area contributed by atoms with E-state index >= 15 is 0 Å². The van der Waals surface area contributed by atoms with E-state index in [4.69, 9.17) is 4.42 Å². The summed E-state index contributed by atoms with van der Waals surface area (Å²) in [5.74, 6) is 1.30. The van der Waals surface area contributed by atoms with Crippen LogP contribution in [0.1, 0.15) is 60.5 Å². The molecule has 1 atom stereocenters. The molecular weight excluding hydrogens is 338 g/mol. The molecule has 0 saturated carbocycles. The number of amides is 1. The summed E-state index contributed by atoms with van der Waals surface area (Å²) in [7, 11) is 0. The summed E-state index contributed by atoms with van der Waals surface area (Å²) >= 11 is 0. The van der Waals surface area contributed by atoms with Gasteiger partial charge in [-0.05, 0) is 61.7 Å². The molecule has 3 aromatic rings. The fourth-order valence-corrected chi connectivity index (χ4v) is 3.85. The third-order valence-corrected chi connectivity index (χ3v) is 5.47. The Kier molecular flexibility index (Phi) is 5.03. The molecule has 0 bridgehead atoms. The zero-order valence-corrected chi connectivity index (χ0v) is 16.0. The van der Waals surface area contributed by atoms with Gasteiger partial charge in [-0.25, -0.2) is 0 Å². The van der Waals surface area contributed by atoms with Crippen molar-refractivity contribution in [1.82, 2.24) is 15.2 Å². The Hall–Kier alpha value is -2.53. The van der Waals surface area contributed by atoms with E-state index in [1.807, 2.05) is 18.2 Å². The Bertz CT molecular complexity index is 905. The van der Waals surface area contributed by atoms with Gasteiger partial charge in [-0.15, -0.1) is 0 Å². The van der Waals surface area contributed by atoms with E-state index in [1.165, 1.54) is 18.4 Å². The number of nitrogens with one attached hydrogen (secondary N) is 2. The molecule has 2 aromatic heterocycles. The van der Waals surface area contributed by atoms with E-state index in [2.05, 4.69) is 47.2 Å². The van der Waals surface area contributed by atoms with Crippen LogP contribution in [0.15, 0.2) is 47.1 Å². The van der Waals surface area contributed by atoms with Crippen LogP contribution in [-0.4, -0.2) is 35.4 Å². The van der Waals surface area contributed by atoms with Crippen LogP contribution < -0.4 is 5.32 Å². The maximum absolute atomic E-state index is 12.7. The highest BCUT2D eigenvalue weighted by molar-refractivity contribution is 5.98. The normalized spacial score (nSPS) is 16.3. The molecular formula is C22H27N3O2. The van der Waals surface area contributed by atoms with Gasteiger partial charge in [0.2, 0.25) is 0 Å². The highest BCUT2D eigenvalue weighted by Gasteiger charge is 2.26. The first-order valence-electron chi connectivity index (χ1n) is 9.80. The van der Waals surface area contributed by atoms with E-state index in [0.717, 1.165) is 29.8 Å². The zero-order valence-electron chi connectivity index (χ0n) is 16.0. The summed E-state index contributed by atoms with van der Waals surface area (Å²) in [5.41, 5.74) is 2.88. The van der Waals surface area contributed by atoms with Crippen LogP contribution in [0.2, 0.25) is 0 Å². The summed E-state index contributed by atoms with van der Waals surface area (Å²) in [6.45, 7) is 6.98. The van der Waals surface area contributed by atoms with Gasteiger partial charge in [0.25, 0.3) is 5.91 Å². The largest absolute Gasteiger partial charge is 0.468 e. The van der Waals surface area contributed by atoms with E-state index in [1.54, 1.807) is 6.26 Å². The molecule has 27 heavy (non-hydrogen) atoms. The van der Waals surface area contributed by atoms with Crippen LogP contribution in [-0.2, 0) is 0 Å². The molecule has 0 aliphatic carbocycles. The van der Waals surface area contributed by atoms with Gasteiger partial charge in [0.1, 0.15) is 11.5 Å². The quantitative estimate of drug-likeness (QED) is 0.678. The first-order chi connectivity index (χ1) is 13.1. The number of hydrogen-bond acceptors (Lipinski definition) is 3. The van der Waals surface area contributed by atoms with Crippen LogP contribution in [0.3, 0.4) is 0 Å². The number of H-pyrrole nitrogens is 1. The predicted octanol–water partition coefficient (Wildman–Crippen LogP) is 4.45. The molecule has 5 heteroatoms. The lowest BCUT2D eigenvalue weighted by atomic mass is 10.0. The van der Waals surface area contributed by atoms with Gasteiger partial charge < -0.3 is 14.7 Å². The second-order valence-electron chi connectivity index (χ2n) is 7.67. The second kappa shape index (κ2) is 7.61. The van der Waals surface area contributed by atoms with Crippen molar-refractivity contribution in [2.45, 2.75) is 38.6 Å². The van der Waals surface area contributed by atoms with Gasteiger partial charge in [0.05, 0.1) is 12.3 Å². The number of carbonyl (C=O) groups excluding carboxylic acids is 1. The number of likely N-dealkylation sites (tertiary alicyclic amines) is 1. The summed E-state index contributed by atoms with van der Waals surface area (Å²) < 4.78 is 5.63. The lowest BCUT2D eigenvalue weighted by Gasteiger charge is -2.25. The van der Waals surface area contributed by atoms with Crippen molar-refractivity contribution in [2.24, 2.45) is 0 Å². The van der Waals surface area contributed by atoms with Gasteiger partial charge in [0, 0.05) is 17.4 Å². The third kappa shape index (κ3) is 3.78. The summed E-state index contributed by atoms with van der Waals surface area (Å²) in [4.78, 5) is 18.4. The molecule has 1 amide bonds. The van der Waals surface area contributed by atoms with Crippen LogP contribution in [0, 0.1) is 0 Å². The predicted molar refractivity (Wildman–Crippen MR) is 107 cm³/mol. The minimum Gasteiger partial charge on any atom is -0.468 e. The molecule has 1 aliphatic heterocycles. The van der Waals surface area contributed by atoms with Gasteiger partial charge in [-0.3, -0.25) is 9.69 Å². The third-order valence-electron chi connectivity index (χ3n) is 5.47. The number of fused-ring (bicyclic) bond motifs is 1. The number of rotatable bonds is 6. The first-order valence-corrected chi connectivity index (χ1v) is 9.80. The molecule has 2 N–H and O–H groups in total. The molecule has 1 aromatic carbocycles. The van der Waals surface area contributed by atoms with Gasteiger partial charge >= 0.3 is 0 Å². The molecule has 1 saturated heterocycles. The minimum absolute atomic E-state index is 0.0759. The molecule has 3 heterocycles. The maximum Gasteiger partial charge on any atom is 0.267 e. The smallest absolute Gasteiger partial charge is 0.267 e. The highest BCUT2D eigenvalue weighted by Crippen LogP contribution is 2.25. The van der Waals surface area contributed by atoms with Crippen molar-refractivity contribution in [3.63, 3.8) is 0 Å². The Morgan fingerprint density at radius 3 is 2.74 bits per heavy atom. The van der Waals surface area contributed by atoms with Crippen molar-refractivity contribution in [3.05, 3.63) is 59.7 Å². The highest BCUT2D eigenvalue weighted by atomic mass is 16.3. The first kappa shape index (κ1) is 17.9. The number of aromatic amines is 1. The minimum atomic E-state index is -0.0759. The molecule has 1 fully saturated rings. The van der Waals surface area contributed by atoms with Crippen molar-refractivity contribution in [3.8, 4) is 0 Å². The van der Waals surface area contributed by atoms with E-state index in [9.17, 15) is 4.79 Å². The SMILES string of the molecule is CC(C)c1ccc2cc(C(=O)NC[C@H](c3ccco3)N3CCCC3)[nH]c2c1. The van der Waals surface area contributed by atoms with E-state index in [-0.39, 0.29) is 11.9 Å². The topological polar surface area (TPSA) is 61.3 Å². The lowest BCUT2D eigenvalue weighted by molar-refractivity contribution is 0.0929. The van der Waals surface area contributed by atoms with Crippen LogP contribution in [0.4, 0.5) is 0 Å². The van der Waals surface area contributed by atoms with Crippen LogP contribution in [0.5, 0.6) is 0 Å². The molecule has 5 nitrogen and oxygen atoms in total. The van der Waals surface area contributed by atoms with Gasteiger partial charge in [-0.1, -0.05) is 26.0 Å². The number of furan rings is 1. The van der Waals surface area contributed by atoms with E-state index < -0.39 is 0 Å². The monoisotopic (exact) mass is 365 g/mol. The number of carbonyl (C=O) groups is 1. The molecule has 142 valence electrons. The average molecular weight is 365 g/mol. The standard InChI is InChI=1S/C22H27N3O2/c1-15(2)16-7-8-17-13-19(24-18(17)12-16)22(26)23-14-20(21-6-5-11-27-21)25-9-3-4-10-25/h5-8,11-13,15,20,24H,3-4,9-10,14H2,1-2H3,(H,23,26)/t20-/m1/s1. The average Bonchev–Trinajstić information content (AvgIpc) is 3.42. The Labute approximate surface area is 159 Å². The van der Waals surface area contributed by atoms with Gasteiger partial charge in [-0.2, -0.15) is 0 Å². The van der Waals surface area contributed by atoms with Crippen molar-refractivity contribution < 1.29 is 9.21 Å². The second-order valence-corrected chi connectivity index (χ2v) is 7.67. The number of aromatic nitrogens is 1. The fourth-order valence-electron chi connectivity index (χ4n) is 3.85. The van der Waals surface area contributed by atoms with E-state index in [0.29, 0.717) is 18.2 Å². The Balaban J connectivity index is 1.48. The lowest BCUT2D eigenvalue weighted by Crippen LogP contribution is -2.36. The molecule has 0 unspecified atom stereocenters. The Morgan fingerprint density at radius 1 is 1.22 bits per heavy atom. The molecule has 0 spiro atoms. The Morgan fingerprint density at radius 2 is 2.04 bits per heavy atom. The molecule has 4 rings (SSSR count). The van der Waals surface area contributed by atoms with Crippen LogP contribution in [0.25, 0.3) is 10.9 Å². The maximum atomic E-state index is 12.7. The van der Waals surface area contributed by atoms with Gasteiger partial charge in [0.15, 0.2) is 0 Å². The zero-order chi connectivity index (χ0) is 18.8. The summed E-state index contributed by atoms with van der Waals surface area (Å²) in [6, 6.07) is 12.2. The number of benzene rings is 1. The summed E-state index contributed by atoms with van der Waals surface area (Å²) in [6.07, 6.45) is 4.10. The molecule has 0 radical (unpaired) electrons. The van der Waals surface area contributed by atoms with Crippen molar-refractivity contribution >= 4 is 16.8 Å². The van der Waals surface area contributed by atoms with Crippen molar-refractivity contribution in [1.29, 1.82) is 0 Å². The van der Waals surface area contributed by atoms with Crippen LogP contribution >= 0.6 is 0 Å². The number of nitrogens with zero attached hydrogens (tertiary/aromatic N) is 1. The fraction of sp³-hybridized carbons (Fsp3) is 0.409.